The van der Waals surface area contributed by atoms with Gasteiger partial charge in [-0.25, -0.2) is 0 Å². The van der Waals surface area contributed by atoms with Gasteiger partial charge in [-0.1, -0.05) is 30.3 Å². The average Bonchev–Trinajstić information content (AvgIpc) is 2.31. The summed E-state index contributed by atoms with van der Waals surface area (Å²) in [6, 6.07) is 8.84. The van der Waals surface area contributed by atoms with Crippen LogP contribution >= 0.6 is 19.4 Å². The molecule has 0 saturated heterocycles. The van der Waals surface area contributed by atoms with Crippen molar-refractivity contribution in [1.29, 1.82) is 0 Å². The fraction of sp³-hybridized carbons (Fsp3) is 0.364. The van der Waals surface area contributed by atoms with E-state index in [1.807, 2.05) is 6.07 Å². The van der Waals surface area contributed by atoms with Crippen LogP contribution in [0.1, 0.15) is 13.8 Å². The molecule has 0 spiro atoms. The fourth-order valence-electron chi connectivity index (χ4n) is 1.12. The van der Waals surface area contributed by atoms with Crippen LogP contribution in [0.4, 0.5) is 4.39 Å². The largest absolute Gasteiger partial charge is 0.431 e. The molecule has 0 saturated carbocycles. The first-order chi connectivity index (χ1) is 8.12. The molecular formula is C11H15FO3PSY-. The maximum Gasteiger partial charge on any atom is 0.229 e. The third kappa shape index (κ3) is 5.81. The monoisotopic (exact) mass is 366 g/mol. The number of halogens is 1. The Labute approximate surface area is 137 Å². The van der Waals surface area contributed by atoms with Crippen LogP contribution < -0.4 is 0 Å². The number of hydrogen-bond donors (Lipinski definition) is 0. The van der Waals surface area contributed by atoms with Crippen LogP contribution in [-0.2, 0) is 46.3 Å². The third-order valence-corrected chi connectivity index (χ3v) is 5.01. The van der Waals surface area contributed by atoms with Gasteiger partial charge in [0.2, 0.25) is 7.60 Å². The van der Waals surface area contributed by atoms with Crippen molar-refractivity contribution in [2.24, 2.45) is 0 Å². The van der Waals surface area contributed by atoms with Crippen LogP contribution in [0.3, 0.4) is 0 Å². The summed E-state index contributed by atoms with van der Waals surface area (Å²) in [5.74, 6) is 0. The Balaban J connectivity index is 0.00000289. The van der Waals surface area contributed by atoms with Gasteiger partial charge >= 0.3 is 0 Å². The van der Waals surface area contributed by atoms with E-state index < -0.39 is 12.8 Å². The maximum atomic E-state index is 13.9. The molecule has 0 aliphatic heterocycles. The zero-order chi connectivity index (χ0) is 12.7. The van der Waals surface area contributed by atoms with E-state index in [1.54, 1.807) is 38.1 Å². The zero-order valence-corrected chi connectivity index (χ0v) is 14.9. The van der Waals surface area contributed by atoms with Crippen LogP contribution in [0.2, 0.25) is 0 Å². The van der Waals surface area contributed by atoms with E-state index in [0.717, 1.165) is 11.8 Å². The van der Waals surface area contributed by atoms with Crippen molar-refractivity contribution in [3.63, 3.8) is 0 Å². The van der Waals surface area contributed by atoms with Crippen molar-refractivity contribution in [2.75, 3.05) is 13.2 Å². The van der Waals surface area contributed by atoms with Crippen molar-refractivity contribution in [2.45, 2.75) is 18.7 Å². The smallest absolute Gasteiger partial charge is 0.229 e. The van der Waals surface area contributed by atoms with Gasteiger partial charge in [0.05, 0.1) is 13.2 Å². The molecule has 1 aromatic rings. The molecule has 0 fully saturated rings. The minimum absolute atomic E-state index is 0. The normalized spacial score (nSPS) is 11.3. The summed E-state index contributed by atoms with van der Waals surface area (Å²) in [7, 11) is -3.76. The molecule has 0 unspecified atom stereocenters. The minimum Gasteiger partial charge on any atom is -0.431 e. The van der Waals surface area contributed by atoms with Crippen LogP contribution in [0, 0.1) is 5.24 Å². The summed E-state index contributed by atoms with van der Waals surface area (Å²) in [6.45, 7) is 3.57. The third-order valence-electron chi connectivity index (χ3n) is 1.76. The molecular weight excluding hydrogens is 351 g/mol. The molecule has 0 aliphatic carbocycles. The van der Waals surface area contributed by atoms with Crippen molar-refractivity contribution in [1.82, 2.24) is 0 Å². The number of thioether (sulfide) groups is 1. The first kappa shape index (κ1) is 18.8. The topological polar surface area (TPSA) is 35.5 Å². The molecule has 0 aliphatic rings. The summed E-state index contributed by atoms with van der Waals surface area (Å²) >= 11 is 0.767. The number of rotatable bonds is 7. The first-order valence-electron chi connectivity index (χ1n) is 5.27. The summed E-state index contributed by atoms with van der Waals surface area (Å²) < 4.78 is 35.7. The molecule has 0 aromatic heterocycles. The summed E-state index contributed by atoms with van der Waals surface area (Å²) in [6.07, 6.45) is 0. The van der Waals surface area contributed by atoms with Crippen molar-refractivity contribution in [3.8, 4) is 0 Å². The maximum absolute atomic E-state index is 13.9. The van der Waals surface area contributed by atoms with Gasteiger partial charge in [-0.3, -0.25) is 16.3 Å². The first-order valence-corrected chi connectivity index (χ1v) is 7.63. The van der Waals surface area contributed by atoms with Gasteiger partial charge in [-0.2, -0.15) is 0 Å². The molecule has 3 nitrogen and oxygen atoms in total. The van der Waals surface area contributed by atoms with E-state index in [4.69, 9.17) is 9.05 Å². The Morgan fingerprint density at radius 1 is 1.22 bits per heavy atom. The standard InChI is InChI=1S/C11H15FO3PS.Y/c1-3-14-16(13,15-4-2)11(12)17-10-8-6-5-7-9-10;/h5-9H,3-4H2,1-2H3;/q-1;. The quantitative estimate of drug-likeness (QED) is 0.406. The van der Waals surface area contributed by atoms with Gasteiger partial charge in [0, 0.05) is 38.0 Å². The van der Waals surface area contributed by atoms with Crippen LogP contribution in [-0.4, -0.2) is 13.2 Å². The van der Waals surface area contributed by atoms with E-state index in [2.05, 4.69) is 0 Å². The Morgan fingerprint density at radius 2 is 1.72 bits per heavy atom. The second-order valence-corrected chi connectivity index (χ2v) is 6.24. The molecule has 0 bridgehead atoms. The molecule has 1 rings (SSSR count). The molecule has 1 aromatic carbocycles. The fourth-order valence-corrected chi connectivity index (χ4v) is 3.65. The Hall–Kier alpha value is 0.754. The van der Waals surface area contributed by atoms with Crippen molar-refractivity contribution < 1.29 is 50.7 Å². The van der Waals surface area contributed by atoms with E-state index >= 15 is 0 Å². The predicted octanol–water partition coefficient (Wildman–Crippen LogP) is 4.46. The van der Waals surface area contributed by atoms with Crippen molar-refractivity contribution >= 4 is 19.4 Å². The molecule has 0 amide bonds. The number of benzene rings is 1. The molecule has 0 atom stereocenters. The van der Waals surface area contributed by atoms with Gasteiger partial charge in [0.15, 0.2) is 0 Å². The van der Waals surface area contributed by atoms with Gasteiger partial charge < -0.3 is 13.4 Å². The van der Waals surface area contributed by atoms with Crippen LogP contribution in [0.15, 0.2) is 35.2 Å². The van der Waals surface area contributed by atoms with Crippen LogP contribution in [0.5, 0.6) is 0 Å². The summed E-state index contributed by atoms with van der Waals surface area (Å²) in [5, 5.41) is -0.826. The SMILES string of the molecule is CCOP(=O)(OCC)[C-](F)Sc1ccccc1.[Y]. The van der Waals surface area contributed by atoms with Gasteiger partial charge in [0.1, 0.15) is 0 Å². The van der Waals surface area contributed by atoms with Crippen LogP contribution in [0.25, 0.3) is 0 Å². The second kappa shape index (κ2) is 9.63. The predicted molar refractivity (Wildman–Crippen MR) is 67.5 cm³/mol. The molecule has 1 radical (unpaired) electrons. The zero-order valence-electron chi connectivity index (χ0n) is 10.3. The van der Waals surface area contributed by atoms with Crippen molar-refractivity contribution in [3.05, 3.63) is 35.6 Å². The second-order valence-electron chi connectivity index (χ2n) is 3.00. The Bertz CT molecular complexity index is 370. The number of hydrogen-bond acceptors (Lipinski definition) is 4. The Morgan fingerprint density at radius 3 is 2.17 bits per heavy atom. The van der Waals surface area contributed by atoms with Gasteiger partial charge in [-0.15, -0.1) is 0 Å². The van der Waals surface area contributed by atoms with E-state index in [1.165, 1.54) is 0 Å². The van der Waals surface area contributed by atoms with E-state index in [9.17, 15) is 8.96 Å². The molecule has 18 heavy (non-hydrogen) atoms. The van der Waals surface area contributed by atoms with Gasteiger partial charge in [-0.05, 0) is 18.7 Å². The molecule has 99 valence electrons. The molecule has 0 heterocycles. The van der Waals surface area contributed by atoms with Gasteiger partial charge in [0.25, 0.3) is 0 Å². The van der Waals surface area contributed by atoms with E-state index in [0.29, 0.717) is 4.90 Å². The summed E-state index contributed by atoms with van der Waals surface area (Å²) in [4.78, 5) is 0.657. The Kier molecular flexibility index (Phi) is 10.0. The molecule has 0 N–H and O–H groups in total. The van der Waals surface area contributed by atoms with E-state index in [-0.39, 0.29) is 45.9 Å². The minimum atomic E-state index is -3.76. The summed E-state index contributed by atoms with van der Waals surface area (Å²) in [5.41, 5.74) is 0. The molecule has 7 heteroatoms. The average molecular weight is 366 g/mol.